The molecule has 0 amide bonds. The number of rotatable bonds is 8. The number of aryl methyl sites for hydroxylation is 1. The first kappa shape index (κ1) is 22.3. The van der Waals surface area contributed by atoms with E-state index in [0.717, 1.165) is 35.1 Å². The van der Waals surface area contributed by atoms with Gasteiger partial charge in [-0.05, 0) is 53.0 Å². The Hall–Kier alpha value is -3.86. The highest BCUT2D eigenvalue weighted by Gasteiger charge is 2.41. The maximum Gasteiger partial charge on any atom is 0.345 e. The molecule has 0 aromatic heterocycles. The lowest BCUT2D eigenvalue weighted by Gasteiger charge is -2.08. The van der Waals surface area contributed by atoms with E-state index in [1.807, 2.05) is 66.7 Å². The number of hydroxylamine groups is 1. The van der Waals surface area contributed by atoms with E-state index < -0.39 is 5.97 Å². The Labute approximate surface area is 194 Å². The van der Waals surface area contributed by atoms with Crippen LogP contribution in [0.3, 0.4) is 0 Å². The van der Waals surface area contributed by atoms with E-state index in [2.05, 4.69) is 12.1 Å². The lowest BCUT2D eigenvalue weighted by molar-refractivity contribution is -0.773. The van der Waals surface area contributed by atoms with Gasteiger partial charge in [-0.3, -0.25) is 5.21 Å². The Morgan fingerprint density at radius 2 is 1.64 bits per heavy atom. The van der Waals surface area contributed by atoms with Crippen molar-refractivity contribution in [1.29, 1.82) is 0 Å². The van der Waals surface area contributed by atoms with Crippen molar-refractivity contribution in [3.63, 3.8) is 0 Å². The molecule has 0 unspecified atom stereocenters. The van der Waals surface area contributed by atoms with Gasteiger partial charge in [-0.15, -0.1) is 0 Å². The molecule has 4 rings (SSSR count). The second kappa shape index (κ2) is 10.2. The fraction of sp³-hybridized carbons (Fsp3) is 0.214. The largest absolute Gasteiger partial charge is 0.497 e. The standard InChI is InChI=1S/C28H28NO4/c1-3-33-28(30)26-25(21-14-8-5-9-15-21)23-17-16-22(32-2)19-24(23)27(26)29(31)18-10-13-20-11-6-4-7-12-20/h4-9,11-12,14-17,19,31H,3,10,13,18H2,1-2H3/q+1. The Bertz CT molecular complexity index is 1200. The zero-order valence-electron chi connectivity index (χ0n) is 19.0. The lowest BCUT2D eigenvalue weighted by Crippen LogP contribution is -2.25. The molecule has 33 heavy (non-hydrogen) atoms. The van der Waals surface area contributed by atoms with Crippen LogP contribution in [-0.2, 0) is 16.0 Å². The molecule has 1 aliphatic rings. The molecule has 0 heterocycles. The molecule has 0 bridgehead atoms. The van der Waals surface area contributed by atoms with Gasteiger partial charge >= 0.3 is 5.97 Å². The highest BCUT2D eigenvalue weighted by Crippen LogP contribution is 2.40. The third-order valence-electron chi connectivity index (χ3n) is 5.72. The van der Waals surface area contributed by atoms with Crippen molar-refractivity contribution in [1.82, 2.24) is 0 Å². The molecule has 168 valence electrons. The van der Waals surface area contributed by atoms with Crippen molar-refractivity contribution in [2.24, 2.45) is 0 Å². The monoisotopic (exact) mass is 442 g/mol. The van der Waals surface area contributed by atoms with Crippen molar-refractivity contribution in [3.8, 4) is 5.75 Å². The van der Waals surface area contributed by atoms with E-state index in [4.69, 9.17) is 9.47 Å². The number of esters is 1. The van der Waals surface area contributed by atoms with Gasteiger partial charge in [-0.1, -0.05) is 60.7 Å². The third kappa shape index (κ3) is 4.67. The van der Waals surface area contributed by atoms with Crippen molar-refractivity contribution in [3.05, 3.63) is 107 Å². The molecule has 5 heteroatoms. The van der Waals surface area contributed by atoms with Crippen LogP contribution in [0.1, 0.15) is 35.6 Å². The number of carbonyl (C=O) groups is 1. The minimum absolute atomic E-state index is 0.247. The molecule has 3 aromatic carbocycles. The van der Waals surface area contributed by atoms with Crippen molar-refractivity contribution >= 4 is 17.3 Å². The van der Waals surface area contributed by atoms with Crippen LogP contribution in [-0.4, -0.2) is 41.9 Å². The zero-order valence-corrected chi connectivity index (χ0v) is 19.0. The summed E-state index contributed by atoms with van der Waals surface area (Å²) in [5.74, 6) is 0.199. The maximum atomic E-state index is 13.2. The van der Waals surface area contributed by atoms with Crippen LogP contribution in [0.2, 0.25) is 0 Å². The van der Waals surface area contributed by atoms with Gasteiger partial charge in [-0.2, -0.15) is 0 Å². The van der Waals surface area contributed by atoms with Crippen LogP contribution in [0.5, 0.6) is 5.75 Å². The van der Waals surface area contributed by atoms with Gasteiger partial charge in [0.05, 0.1) is 19.3 Å². The summed E-state index contributed by atoms with van der Waals surface area (Å²) in [6.07, 6.45) is 1.54. The highest BCUT2D eigenvalue weighted by atomic mass is 16.5. The lowest BCUT2D eigenvalue weighted by atomic mass is 9.97. The fourth-order valence-corrected chi connectivity index (χ4v) is 4.22. The number of ether oxygens (including phenoxy) is 2. The molecule has 0 aliphatic heterocycles. The summed E-state index contributed by atoms with van der Waals surface area (Å²) in [5, 5.41) is 11.2. The van der Waals surface area contributed by atoms with Crippen molar-refractivity contribution < 1.29 is 24.2 Å². The minimum Gasteiger partial charge on any atom is -0.497 e. The average Bonchev–Trinajstić information content (AvgIpc) is 3.20. The molecule has 5 nitrogen and oxygen atoms in total. The summed E-state index contributed by atoms with van der Waals surface area (Å²) in [4.78, 5) is 13.2. The van der Waals surface area contributed by atoms with Crippen LogP contribution in [0, 0.1) is 0 Å². The summed E-state index contributed by atoms with van der Waals surface area (Å²) in [7, 11) is 1.60. The number of carbonyl (C=O) groups excluding carboxylic acids is 1. The van der Waals surface area contributed by atoms with Crippen molar-refractivity contribution in [2.45, 2.75) is 19.8 Å². The van der Waals surface area contributed by atoms with Crippen LogP contribution in [0.25, 0.3) is 5.57 Å². The summed E-state index contributed by atoms with van der Waals surface area (Å²) in [5.41, 5.74) is 5.28. The third-order valence-corrected chi connectivity index (χ3v) is 5.72. The number of fused-ring (bicyclic) bond motifs is 1. The first-order chi connectivity index (χ1) is 16.1. The molecule has 3 aromatic rings. The van der Waals surface area contributed by atoms with Gasteiger partial charge in [0.2, 0.25) is 0 Å². The van der Waals surface area contributed by atoms with Gasteiger partial charge in [0, 0.05) is 12.0 Å². The Morgan fingerprint density at radius 1 is 0.939 bits per heavy atom. The smallest absolute Gasteiger partial charge is 0.345 e. The maximum absolute atomic E-state index is 13.2. The van der Waals surface area contributed by atoms with E-state index in [0.29, 0.717) is 23.6 Å². The van der Waals surface area contributed by atoms with Crippen molar-refractivity contribution in [2.75, 3.05) is 20.3 Å². The second-order valence-electron chi connectivity index (χ2n) is 7.81. The molecule has 0 spiro atoms. The first-order valence-electron chi connectivity index (χ1n) is 11.2. The SMILES string of the molecule is CCOC(=O)C1=C(c2ccccc2)c2ccc(OC)cc2C1=[N+](O)CCCc1ccccc1. The summed E-state index contributed by atoms with van der Waals surface area (Å²) in [6, 6.07) is 25.5. The predicted octanol–water partition coefficient (Wildman–Crippen LogP) is 4.90. The topological polar surface area (TPSA) is 58.8 Å². The average molecular weight is 443 g/mol. The molecule has 1 aliphatic carbocycles. The zero-order chi connectivity index (χ0) is 23.2. The van der Waals surface area contributed by atoms with Gasteiger partial charge in [0.25, 0.3) is 5.71 Å². The summed E-state index contributed by atoms with van der Waals surface area (Å²) in [6.45, 7) is 2.39. The molecule has 1 N–H and O–H groups in total. The quantitative estimate of drug-likeness (QED) is 0.233. The molecule has 0 saturated heterocycles. The highest BCUT2D eigenvalue weighted by molar-refractivity contribution is 6.35. The molecule has 0 atom stereocenters. The number of nitrogens with zero attached hydrogens (tertiary/aromatic N) is 1. The van der Waals surface area contributed by atoms with E-state index in [1.165, 1.54) is 10.3 Å². The molecule has 0 fully saturated rings. The van der Waals surface area contributed by atoms with E-state index in [1.54, 1.807) is 14.0 Å². The second-order valence-corrected chi connectivity index (χ2v) is 7.81. The number of methoxy groups -OCH3 is 1. The Morgan fingerprint density at radius 3 is 2.30 bits per heavy atom. The van der Waals surface area contributed by atoms with Gasteiger partial charge < -0.3 is 9.47 Å². The number of hydrogen-bond donors (Lipinski definition) is 1. The Kier molecular flexibility index (Phi) is 6.89. The molecule has 0 radical (unpaired) electrons. The molecular weight excluding hydrogens is 414 g/mol. The van der Waals surface area contributed by atoms with Gasteiger partial charge in [-0.25, -0.2) is 4.79 Å². The number of benzene rings is 3. The van der Waals surface area contributed by atoms with E-state index in [9.17, 15) is 10.0 Å². The first-order valence-corrected chi connectivity index (χ1v) is 11.2. The van der Waals surface area contributed by atoms with E-state index >= 15 is 0 Å². The van der Waals surface area contributed by atoms with Crippen LogP contribution < -0.4 is 4.74 Å². The number of hydrogen-bond acceptors (Lipinski definition) is 4. The molecular formula is C28H28NO4+. The van der Waals surface area contributed by atoms with E-state index in [-0.39, 0.29) is 6.61 Å². The predicted molar refractivity (Wildman–Crippen MR) is 128 cm³/mol. The molecule has 0 saturated carbocycles. The van der Waals surface area contributed by atoms with Gasteiger partial charge in [0.1, 0.15) is 11.3 Å². The summed E-state index contributed by atoms with van der Waals surface area (Å²) >= 11 is 0. The van der Waals surface area contributed by atoms with Crippen LogP contribution >= 0.6 is 0 Å². The minimum atomic E-state index is -0.455. The fourth-order valence-electron chi connectivity index (χ4n) is 4.22. The Balaban J connectivity index is 1.82. The normalized spacial score (nSPS) is 14.1. The van der Waals surface area contributed by atoms with Crippen LogP contribution in [0.15, 0.2) is 84.4 Å². The summed E-state index contributed by atoms with van der Waals surface area (Å²) < 4.78 is 12.1. The van der Waals surface area contributed by atoms with Crippen LogP contribution in [0.4, 0.5) is 0 Å². The van der Waals surface area contributed by atoms with Gasteiger partial charge in [0.15, 0.2) is 6.54 Å².